The monoisotopic (exact) mass is 318 g/mol. The first kappa shape index (κ1) is 16.8. The van der Waals surface area contributed by atoms with Gasteiger partial charge in [0.2, 0.25) is 0 Å². The molecule has 110 valence electrons. The van der Waals surface area contributed by atoms with Crippen LogP contribution in [0.25, 0.3) is 0 Å². The number of carbonyl (C=O) groups excluding carboxylic acids is 2. The second-order valence-electron chi connectivity index (χ2n) is 4.81. The van der Waals surface area contributed by atoms with E-state index in [1.54, 1.807) is 39.3 Å². The molecule has 0 saturated carbocycles. The fraction of sp³-hybridized carbons (Fsp3) is 0.385. The zero-order chi connectivity index (χ0) is 15.3. The first-order valence-corrected chi connectivity index (χ1v) is 6.81. The van der Waals surface area contributed by atoms with Crippen molar-refractivity contribution in [3.05, 3.63) is 28.2 Å². The molecular weight excluding hydrogens is 301 g/mol. The van der Waals surface area contributed by atoms with Gasteiger partial charge >= 0.3 is 0 Å². The van der Waals surface area contributed by atoms with Gasteiger partial charge in [0.25, 0.3) is 11.8 Å². The van der Waals surface area contributed by atoms with Crippen molar-refractivity contribution >= 4 is 40.7 Å². The molecular formula is C13H18Cl2N3O2+. The summed E-state index contributed by atoms with van der Waals surface area (Å²) in [4.78, 5) is 25.7. The summed E-state index contributed by atoms with van der Waals surface area (Å²) in [6.07, 6.45) is 0. The lowest BCUT2D eigenvalue weighted by Crippen LogP contribution is -3.11. The van der Waals surface area contributed by atoms with Crippen molar-refractivity contribution in [2.75, 3.05) is 39.5 Å². The van der Waals surface area contributed by atoms with Crippen molar-refractivity contribution in [2.24, 2.45) is 0 Å². The number of rotatable bonds is 5. The number of likely N-dealkylation sites (N-methyl/N-ethyl adjacent to an activating group) is 2. The highest BCUT2D eigenvalue weighted by Gasteiger charge is 2.15. The molecule has 1 aromatic carbocycles. The summed E-state index contributed by atoms with van der Waals surface area (Å²) >= 11 is 11.7. The Morgan fingerprint density at radius 3 is 2.20 bits per heavy atom. The predicted molar refractivity (Wildman–Crippen MR) is 80.4 cm³/mol. The van der Waals surface area contributed by atoms with E-state index < -0.39 is 0 Å². The minimum Gasteiger partial charge on any atom is -0.344 e. The summed E-state index contributed by atoms with van der Waals surface area (Å²) in [6.45, 7) is 0.445. The lowest BCUT2D eigenvalue weighted by molar-refractivity contribution is -0.862. The summed E-state index contributed by atoms with van der Waals surface area (Å²) < 4.78 is 0. The Balaban J connectivity index is 2.53. The van der Waals surface area contributed by atoms with Crippen molar-refractivity contribution in [1.82, 2.24) is 4.90 Å². The maximum Gasteiger partial charge on any atom is 0.279 e. The highest BCUT2D eigenvalue weighted by molar-refractivity contribution is 6.35. The van der Waals surface area contributed by atoms with Gasteiger partial charge in [0.05, 0.1) is 7.05 Å². The van der Waals surface area contributed by atoms with Crippen LogP contribution in [0, 0.1) is 0 Å². The number of halogens is 2. The Kier molecular flexibility index (Phi) is 6.26. The minimum absolute atomic E-state index is 0.0268. The van der Waals surface area contributed by atoms with Crippen LogP contribution in [-0.4, -0.2) is 50.9 Å². The Hall–Kier alpha value is -1.30. The van der Waals surface area contributed by atoms with Gasteiger partial charge in [0, 0.05) is 29.8 Å². The van der Waals surface area contributed by atoms with E-state index in [0.29, 0.717) is 15.7 Å². The average molecular weight is 319 g/mol. The Morgan fingerprint density at radius 1 is 1.15 bits per heavy atom. The Labute approximate surface area is 128 Å². The molecule has 5 nitrogen and oxygen atoms in total. The molecule has 0 aliphatic carbocycles. The van der Waals surface area contributed by atoms with Crippen LogP contribution in [0.3, 0.4) is 0 Å². The second kappa shape index (κ2) is 7.47. The minimum atomic E-state index is -0.201. The number of carbonyl (C=O) groups is 2. The highest BCUT2D eigenvalue weighted by Crippen LogP contribution is 2.22. The van der Waals surface area contributed by atoms with Crippen molar-refractivity contribution in [2.45, 2.75) is 0 Å². The van der Waals surface area contributed by atoms with Gasteiger partial charge in [-0.3, -0.25) is 9.59 Å². The molecule has 0 heterocycles. The standard InChI is InChI=1S/C13H17Cl2N3O2/c1-17(2)13(20)8-18(3)7-12(19)16-11-5-9(14)4-10(15)6-11/h4-6H,7-8H2,1-3H3,(H,16,19)/p+1. The van der Waals surface area contributed by atoms with E-state index in [0.717, 1.165) is 4.90 Å². The van der Waals surface area contributed by atoms with Gasteiger partial charge in [0.1, 0.15) is 0 Å². The van der Waals surface area contributed by atoms with Crippen molar-refractivity contribution in [3.63, 3.8) is 0 Å². The number of quaternary nitrogens is 1. The fourth-order valence-corrected chi connectivity index (χ4v) is 2.11. The maximum atomic E-state index is 11.9. The lowest BCUT2D eigenvalue weighted by atomic mass is 10.3. The molecule has 1 unspecified atom stereocenters. The largest absolute Gasteiger partial charge is 0.344 e. The number of hydrogen-bond donors (Lipinski definition) is 2. The number of benzene rings is 1. The van der Waals surface area contributed by atoms with E-state index in [1.807, 2.05) is 0 Å². The first-order chi connectivity index (χ1) is 9.27. The van der Waals surface area contributed by atoms with E-state index in [-0.39, 0.29) is 24.9 Å². The molecule has 0 aromatic heterocycles. The number of nitrogens with zero attached hydrogens (tertiary/aromatic N) is 1. The molecule has 20 heavy (non-hydrogen) atoms. The van der Waals surface area contributed by atoms with Gasteiger partial charge in [-0.05, 0) is 18.2 Å². The van der Waals surface area contributed by atoms with Crippen molar-refractivity contribution in [1.29, 1.82) is 0 Å². The molecule has 0 aliphatic heterocycles. The van der Waals surface area contributed by atoms with Gasteiger partial charge < -0.3 is 15.1 Å². The van der Waals surface area contributed by atoms with Crippen LogP contribution in [0.5, 0.6) is 0 Å². The number of anilines is 1. The van der Waals surface area contributed by atoms with Crippen molar-refractivity contribution in [3.8, 4) is 0 Å². The highest BCUT2D eigenvalue weighted by atomic mass is 35.5. The fourth-order valence-electron chi connectivity index (χ4n) is 1.58. The van der Waals surface area contributed by atoms with Gasteiger partial charge in [0.15, 0.2) is 13.1 Å². The van der Waals surface area contributed by atoms with Crippen LogP contribution in [0.1, 0.15) is 0 Å². The van der Waals surface area contributed by atoms with E-state index in [2.05, 4.69) is 5.32 Å². The summed E-state index contributed by atoms with van der Waals surface area (Å²) in [5.74, 6) is -0.228. The third kappa shape index (κ3) is 5.77. The van der Waals surface area contributed by atoms with E-state index in [9.17, 15) is 9.59 Å². The van der Waals surface area contributed by atoms with Gasteiger partial charge in [-0.25, -0.2) is 0 Å². The summed E-state index contributed by atoms with van der Waals surface area (Å²) in [6, 6.07) is 4.82. The van der Waals surface area contributed by atoms with Gasteiger partial charge in [-0.1, -0.05) is 23.2 Å². The zero-order valence-electron chi connectivity index (χ0n) is 11.7. The summed E-state index contributed by atoms with van der Waals surface area (Å²) in [5.41, 5.74) is 0.541. The molecule has 0 spiro atoms. The van der Waals surface area contributed by atoms with Crippen LogP contribution < -0.4 is 10.2 Å². The first-order valence-electron chi connectivity index (χ1n) is 6.05. The number of amides is 2. The molecule has 7 heteroatoms. The summed E-state index contributed by atoms with van der Waals surface area (Å²) in [7, 11) is 5.15. The third-order valence-electron chi connectivity index (χ3n) is 2.56. The normalized spacial score (nSPS) is 11.8. The van der Waals surface area contributed by atoms with E-state index in [4.69, 9.17) is 23.2 Å². The smallest absolute Gasteiger partial charge is 0.279 e. The molecule has 0 aliphatic rings. The second-order valence-corrected chi connectivity index (χ2v) is 5.68. The molecule has 0 fully saturated rings. The molecule has 1 rings (SSSR count). The zero-order valence-corrected chi connectivity index (χ0v) is 13.2. The Bertz CT molecular complexity index is 486. The molecule has 0 radical (unpaired) electrons. The predicted octanol–water partition coefficient (Wildman–Crippen LogP) is 0.535. The van der Waals surface area contributed by atoms with Crippen molar-refractivity contribution < 1.29 is 14.5 Å². The molecule has 0 bridgehead atoms. The molecule has 2 N–H and O–H groups in total. The molecule has 2 amide bonds. The Morgan fingerprint density at radius 2 is 1.70 bits per heavy atom. The van der Waals surface area contributed by atoms with Crippen LogP contribution in [0.15, 0.2) is 18.2 Å². The number of nitrogens with one attached hydrogen (secondary N) is 2. The van der Waals surface area contributed by atoms with Crippen LogP contribution in [-0.2, 0) is 9.59 Å². The lowest BCUT2D eigenvalue weighted by Gasteiger charge is -2.16. The van der Waals surface area contributed by atoms with Crippen LogP contribution in [0.4, 0.5) is 5.69 Å². The SMILES string of the molecule is CN(C)C(=O)C[NH+](C)CC(=O)Nc1cc(Cl)cc(Cl)c1. The quantitative estimate of drug-likeness (QED) is 0.832. The summed E-state index contributed by atoms with van der Waals surface area (Å²) in [5, 5.41) is 3.61. The van der Waals surface area contributed by atoms with Gasteiger partial charge in [-0.15, -0.1) is 0 Å². The van der Waals surface area contributed by atoms with Crippen LogP contribution in [0.2, 0.25) is 10.0 Å². The van der Waals surface area contributed by atoms with E-state index in [1.165, 1.54) is 4.90 Å². The molecule has 1 atom stereocenters. The maximum absolute atomic E-state index is 11.9. The third-order valence-corrected chi connectivity index (χ3v) is 3.00. The molecule has 0 saturated heterocycles. The molecule has 1 aromatic rings. The topological polar surface area (TPSA) is 53.9 Å². The van der Waals surface area contributed by atoms with E-state index >= 15 is 0 Å². The van der Waals surface area contributed by atoms with Crippen LogP contribution >= 0.6 is 23.2 Å². The van der Waals surface area contributed by atoms with Gasteiger partial charge in [-0.2, -0.15) is 0 Å². The number of hydrogen-bond acceptors (Lipinski definition) is 2. The average Bonchev–Trinajstić information content (AvgIpc) is 2.26.